The maximum atomic E-state index is 14.4. The summed E-state index contributed by atoms with van der Waals surface area (Å²) in [4.78, 5) is 63.6. The van der Waals surface area contributed by atoms with Gasteiger partial charge in [0, 0.05) is 30.0 Å². The molecule has 3 amide bonds. The van der Waals surface area contributed by atoms with Crippen LogP contribution in [0.2, 0.25) is 0 Å². The zero-order valence-electron chi connectivity index (χ0n) is 27.1. The van der Waals surface area contributed by atoms with Crippen molar-refractivity contribution in [1.29, 1.82) is 0 Å². The molecular weight excluding hydrogens is 667 g/mol. The average molecular weight is 708 g/mol. The fraction of sp³-hybridized carbons (Fsp3) is 0.485. The Balaban J connectivity index is 1.38. The van der Waals surface area contributed by atoms with Crippen molar-refractivity contribution in [3.63, 3.8) is 0 Å². The Labute approximate surface area is 281 Å². The van der Waals surface area contributed by atoms with E-state index in [1.165, 1.54) is 17.0 Å². The van der Waals surface area contributed by atoms with E-state index in [1.54, 1.807) is 25.7 Å². The van der Waals surface area contributed by atoms with Crippen LogP contribution in [0.3, 0.4) is 0 Å². The first kappa shape index (κ1) is 36.0. The molecule has 0 bridgehead atoms. The molecule has 2 aliphatic rings. The molecule has 2 aliphatic heterocycles. The van der Waals surface area contributed by atoms with Gasteiger partial charge in [-0.05, 0) is 47.9 Å². The van der Waals surface area contributed by atoms with Crippen molar-refractivity contribution in [2.75, 3.05) is 32.8 Å². The number of hydrogen-bond acceptors (Lipinski definition) is 7. The van der Waals surface area contributed by atoms with Gasteiger partial charge >= 0.3 is 13.3 Å². The number of likely N-dealkylation sites (tertiary alicyclic amines) is 1. The largest absolute Gasteiger partial charge is 0.399 e. The van der Waals surface area contributed by atoms with Crippen molar-refractivity contribution in [3.05, 3.63) is 70.6 Å². The number of nitrogens with one attached hydrogen (secondary N) is 1. The number of morpholine rings is 1. The Kier molecular flexibility index (Phi) is 10.5. The van der Waals surface area contributed by atoms with Crippen LogP contribution < -0.4 is 5.32 Å². The van der Waals surface area contributed by atoms with Gasteiger partial charge in [-0.1, -0.05) is 57.2 Å². The number of alkyl halides is 2. The number of thiophene rings is 1. The molecule has 260 valence electrons. The number of nitrogens with zero attached hydrogens (tertiary/aromatic N) is 2. The van der Waals surface area contributed by atoms with Crippen LogP contribution in [0.4, 0.5) is 8.78 Å². The van der Waals surface area contributed by atoms with Gasteiger partial charge in [0.15, 0.2) is 0 Å². The van der Waals surface area contributed by atoms with Crippen LogP contribution in [0.1, 0.15) is 61.0 Å². The van der Waals surface area contributed by atoms with Gasteiger partial charge < -0.3 is 34.4 Å². The van der Waals surface area contributed by atoms with Crippen LogP contribution in [-0.2, 0) is 29.3 Å². The number of rotatable bonds is 9. The molecule has 48 heavy (non-hydrogen) atoms. The topological polar surface area (TPSA) is 146 Å². The lowest BCUT2D eigenvalue weighted by Crippen LogP contribution is -2.60. The summed E-state index contributed by atoms with van der Waals surface area (Å²) in [6, 6.07) is 12.1. The van der Waals surface area contributed by atoms with E-state index in [1.807, 2.05) is 37.3 Å². The second-order valence-electron chi connectivity index (χ2n) is 13.0. The van der Waals surface area contributed by atoms with Gasteiger partial charge in [0.2, 0.25) is 11.8 Å². The van der Waals surface area contributed by atoms with Crippen molar-refractivity contribution < 1.29 is 47.0 Å². The number of carbonyl (C=O) groups excluding carboxylic acids is 3. The first-order valence-corrected chi connectivity index (χ1v) is 18.1. The second-order valence-corrected chi connectivity index (χ2v) is 15.8. The molecular formula is C33H40F2N3O8PS. The number of amides is 3. The molecule has 3 N–H and O–H groups in total. The molecule has 0 aliphatic carbocycles. The van der Waals surface area contributed by atoms with Crippen LogP contribution in [0.15, 0.2) is 54.6 Å². The number of benzene rings is 2. The minimum Gasteiger partial charge on any atom is -0.376 e. The minimum absolute atomic E-state index is 0.116. The van der Waals surface area contributed by atoms with E-state index in [0.717, 1.165) is 29.0 Å². The Bertz CT molecular complexity index is 1710. The number of halogens is 2. The van der Waals surface area contributed by atoms with Gasteiger partial charge in [0.1, 0.15) is 18.2 Å². The lowest BCUT2D eigenvalue weighted by atomic mass is 9.85. The Morgan fingerprint density at radius 2 is 1.81 bits per heavy atom. The summed E-state index contributed by atoms with van der Waals surface area (Å²) in [5.41, 5.74) is -5.13. The van der Waals surface area contributed by atoms with Crippen molar-refractivity contribution in [2.45, 2.75) is 64.1 Å². The summed E-state index contributed by atoms with van der Waals surface area (Å²) in [6.07, 6.45) is -0.420. The Hall–Kier alpha value is -3.26. The lowest BCUT2D eigenvalue weighted by Gasteiger charge is -2.39. The van der Waals surface area contributed by atoms with Crippen molar-refractivity contribution in [2.24, 2.45) is 5.41 Å². The second kappa shape index (κ2) is 13.9. The smallest absolute Gasteiger partial charge is 0.376 e. The predicted octanol–water partition coefficient (Wildman–Crippen LogP) is 4.88. The SMILES string of the molecule is CCO[C@@H]1CCN(C(=O)[C@@H](NC(=O)c2cc3cc(C(F)(F)P(=O)(O)O)ccc3s2)C(C)(C)C)[C@@H]1C(=O)N1CCO[C@H](c2ccccc2)C1. The van der Waals surface area contributed by atoms with Gasteiger partial charge in [-0.25, -0.2) is 0 Å². The third-order valence-electron chi connectivity index (χ3n) is 8.65. The third-order valence-corrected chi connectivity index (χ3v) is 10.8. The van der Waals surface area contributed by atoms with E-state index in [-0.39, 0.29) is 28.8 Å². The molecule has 3 heterocycles. The number of hydrogen-bond donors (Lipinski definition) is 3. The summed E-state index contributed by atoms with van der Waals surface area (Å²) in [6.45, 7) is 8.78. The van der Waals surface area contributed by atoms with Crippen molar-refractivity contribution >= 4 is 46.7 Å². The molecule has 0 saturated carbocycles. The third kappa shape index (κ3) is 7.34. The molecule has 1 aromatic heterocycles. The first-order chi connectivity index (χ1) is 22.5. The fourth-order valence-electron chi connectivity index (χ4n) is 6.13. The highest BCUT2D eigenvalue weighted by Gasteiger charge is 2.51. The minimum atomic E-state index is -5.78. The van der Waals surface area contributed by atoms with E-state index >= 15 is 0 Å². The zero-order valence-corrected chi connectivity index (χ0v) is 28.8. The Morgan fingerprint density at radius 1 is 1.10 bits per heavy atom. The molecule has 4 atom stereocenters. The molecule has 2 aromatic carbocycles. The Morgan fingerprint density at radius 3 is 2.46 bits per heavy atom. The van der Waals surface area contributed by atoms with Gasteiger partial charge in [0.05, 0.1) is 24.1 Å². The van der Waals surface area contributed by atoms with E-state index < -0.39 is 54.2 Å². The molecule has 3 aromatic rings. The summed E-state index contributed by atoms with van der Waals surface area (Å²) in [5, 5.41) is 3.01. The fourth-order valence-corrected chi connectivity index (χ4v) is 7.55. The van der Waals surface area contributed by atoms with Gasteiger partial charge in [0.25, 0.3) is 5.91 Å². The summed E-state index contributed by atoms with van der Waals surface area (Å²) < 4.78 is 52.5. The quantitative estimate of drug-likeness (QED) is 0.267. The van der Waals surface area contributed by atoms with Crippen LogP contribution in [-0.4, -0.2) is 88.3 Å². The zero-order chi connectivity index (χ0) is 35.0. The van der Waals surface area contributed by atoms with E-state index in [4.69, 9.17) is 19.3 Å². The van der Waals surface area contributed by atoms with E-state index in [0.29, 0.717) is 37.4 Å². The average Bonchev–Trinajstić information content (AvgIpc) is 3.67. The standard InChI is InChI=1S/C33H40F2N3O8PS/c1-5-45-23-13-14-38(27(23)30(40)37-15-16-46-24(19-37)20-9-7-6-8-10-20)31(41)28(32(2,3)4)36-29(39)26-18-21-17-22(11-12-25(21)48-26)33(34,35)47(42,43)44/h6-12,17-18,23-24,27-28H,5,13-16,19H2,1-4H3,(H,36,39)(H2,42,43,44)/t23-,24+,27+,28-/m1/s1. The van der Waals surface area contributed by atoms with Crippen LogP contribution in [0.25, 0.3) is 10.1 Å². The summed E-state index contributed by atoms with van der Waals surface area (Å²) >= 11 is 0.990. The highest BCUT2D eigenvalue weighted by atomic mass is 32.1. The molecule has 2 fully saturated rings. The first-order valence-electron chi connectivity index (χ1n) is 15.7. The molecule has 5 rings (SSSR count). The molecule has 2 saturated heterocycles. The molecule has 15 heteroatoms. The lowest BCUT2D eigenvalue weighted by molar-refractivity contribution is -0.154. The normalized spacial score (nSPS) is 21.4. The van der Waals surface area contributed by atoms with Gasteiger partial charge in [-0.3, -0.25) is 18.9 Å². The molecule has 0 unspecified atom stereocenters. The van der Waals surface area contributed by atoms with Gasteiger partial charge in [-0.2, -0.15) is 8.78 Å². The maximum absolute atomic E-state index is 14.4. The number of fused-ring (bicyclic) bond motifs is 1. The molecule has 11 nitrogen and oxygen atoms in total. The van der Waals surface area contributed by atoms with Crippen LogP contribution >= 0.6 is 18.9 Å². The van der Waals surface area contributed by atoms with Crippen LogP contribution in [0, 0.1) is 5.41 Å². The number of ether oxygens (including phenoxy) is 2. The van der Waals surface area contributed by atoms with Gasteiger partial charge in [-0.15, -0.1) is 11.3 Å². The molecule has 0 spiro atoms. The maximum Gasteiger partial charge on any atom is 0.399 e. The van der Waals surface area contributed by atoms with Crippen LogP contribution in [0.5, 0.6) is 0 Å². The monoisotopic (exact) mass is 707 g/mol. The number of carbonyl (C=O) groups is 3. The van der Waals surface area contributed by atoms with E-state index in [2.05, 4.69) is 5.32 Å². The molecule has 0 radical (unpaired) electrons. The summed E-state index contributed by atoms with van der Waals surface area (Å²) in [5.74, 6) is -1.33. The predicted molar refractivity (Wildman–Crippen MR) is 176 cm³/mol. The highest BCUT2D eigenvalue weighted by Crippen LogP contribution is 2.59. The van der Waals surface area contributed by atoms with E-state index in [9.17, 15) is 27.7 Å². The highest BCUT2D eigenvalue weighted by molar-refractivity contribution is 7.52. The van der Waals surface area contributed by atoms with Crippen molar-refractivity contribution in [3.8, 4) is 0 Å². The van der Waals surface area contributed by atoms with Crippen molar-refractivity contribution in [1.82, 2.24) is 15.1 Å². The summed E-state index contributed by atoms with van der Waals surface area (Å²) in [7, 11) is -5.78.